The van der Waals surface area contributed by atoms with Crippen LogP contribution in [0.25, 0.3) is 0 Å². The van der Waals surface area contributed by atoms with Gasteiger partial charge in [0.05, 0.1) is 0 Å². The fourth-order valence-corrected chi connectivity index (χ4v) is 2.58. The van der Waals surface area contributed by atoms with Crippen LogP contribution in [0, 0.1) is 5.92 Å². The third kappa shape index (κ3) is 3.12. The fourth-order valence-electron chi connectivity index (χ4n) is 2.58. The van der Waals surface area contributed by atoms with Crippen molar-refractivity contribution in [3.63, 3.8) is 0 Å². The maximum atomic E-state index is 11.9. The van der Waals surface area contributed by atoms with Crippen molar-refractivity contribution < 1.29 is 4.79 Å². The first-order valence-electron chi connectivity index (χ1n) is 7.38. The van der Waals surface area contributed by atoms with Gasteiger partial charge >= 0.3 is 0 Å². The number of hydrogen-bond donors (Lipinski definition) is 2. The highest BCUT2D eigenvalue weighted by Gasteiger charge is 2.24. The van der Waals surface area contributed by atoms with E-state index in [0.717, 1.165) is 13.0 Å². The lowest BCUT2D eigenvalue weighted by molar-refractivity contribution is -0.124. The number of fused-ring (bicyclic) bond motifs is 1. The molecule has 1 heterocycles. The summed E-state index contributed by atoms with van der Waals surface area (Å²) in [4.78, 5) is 14.3. The van der Waals surface area contributed by atoms with E-state index in [-0.39, 0.29) is 17.9 Å². The van der Waals surface area contributed by atoms with Gasteiger partial charge in [0.15, 0.2) is 0 Å². The summed E-state index contributed by atoms with van der Waals surface area (Å²) in [6.45, 7) is 7.57. The molecule has 0 spiro atoms. The van der Waals surface area contributed by atoms with Gasteiger partial charge in [0, 0.05) is 36.8 Å². The van der Waals surface area contributed by atoms with E-state index >= 15 is 0 Å². The first kappa shape index (κ1) is 14.9. The van der Waals surface area contributed by atoms with E-state index in [1.54, 1.807) is 0 Å². The number of hydrogen-bond acceptors (Lipinski definition) is 3. The molecular formula is C16H25N3O. The molecule has 0 saturated heterocycles. The van der Waals surface area contributed by atoms with Crippen molar-refractivity contribution >= 4 is 11.6 Å². The Bertz CT molecular complexity index is 473. The smallest absolute Gasteiger partial charge is 0.224 e. The SMILES string of the molecule is CC(N)C(C)C(=O)NCC(C)N1CCc2ccccc21. The van der Waals surface area contributed by atoms with E-state index in [2.05, 4.69) is 41.4 Å². The molecule has 3 unspecified atom stereocenters. The van der Waals surface area contributed by atoms with Crippen molar-refractivity contribution in [3.8, 4) is 0 Å². The van der Waals surface area contributed by atoms with E-state index in [4.69, 9.17) is 5.73 Å². The van der Waals surface area contributed by atoms with E-state index in [1.165, 1.54) is 11.3 Å². The van der Waals surface area contributed by atoms with Gasteiger partial charge in [0.25, 0.3) is 0 Å². The number of para-hydroxylation sites is 1. The molecule has 0 fully saturated rings. The molecule has 1 aromatic carbocycles. The minimum Gasteiger partial charge on any atom is -0.366 e. The van der Waals surface area contributed by atoms with Crippen molar-refractivity contribution in [1.29, 1.82) is 0 Å². The van der Waals surface area contributed by atoms with Crippen LogP contribution >= 0.6 is 0 Å². The van der Waals surface area contributed by atoms with E-state index < -0.39 is 0 Å². The number of carbonyl (C=O) groups is 1. The molecular weight excluding hydrogens is 250 g/mol. The molecule has 0 saturated carbocycles. The van der Waals surface area contributed by atoms with Crippen LogP contribution in [0.1, 0.15) is 26.3 Å². The molecule has 1 aliphatic heterocycles. The van der Waals surface area contributed by atoms with Gasteiger partial charge in [-0.3, -0.25) is 4.79 Å². The zero-order valence-corrected chi connectivity index (χ0v) is 12.6. The maximum Gasteiger partial charge on any atom is 0.224 e. The van der Waals surface area contributed by atoms with Crippen molar-refractivity contribution in [2.45, 2.75) is 39.3 Å². The lowest BCUT2D eigenvalue weighted by Gasteiger charge is -2.28. The van der Waals surface area contributed by atoms with E-state index in [9.17, 15) is 4.79 Å². The molecule has 0 radical (unpaired) electrons. The van der Waals surface area contributed by atoms with E-state index in [1.807, 2.05) is 13.8 Å². The van der Waals surface area contributed by atoms with Crippen LogP contribution in [-0.2, 0) is 11.2 Å². The second-order valence-corrected chi connectivity index (χ2v) is 5.81. The number of nitrogens with zero attached hydrogens (tertiary/aromatic N) is 1. The van der Waals surface area contributed by atoms with Crippen LogP contribution in [0.15, 0.2) is 24.3 Å². The quantitative estimate of drug-likeness (QED) is 0.857. The minimum atomic E-state index is -0.145. The topological polar surface area (TPSA) is 58.4 Å². The monoisotopic (exact) mass is 275 g/mol. The largest absolute Gasteiger partial charge is 0.366 e. The third-order valence-electron chi connectivity index (χ3n) is 4.23. The van der Waals surface area contributed by atoms with Crippen molar-refractivity contribution in [3.05, 3.63) is 29.8 Å². The molecule has 0 bridgehead atoms. The molecule has 20 heavy (non-hydrogen) atoms. The number of rotatable bonds is 5. The van der Waals surface area contributed by atoms with Gasteiger partial charge in [-0.25, -0.2) is 0 Å². The summed E-state index contributed by atoms with van der Waals surface area (Å²) in [5.74, 6) is -0.104. The summed E-state index contributed by atoms with van der Waals surface area (Å²) < 4.78 is 0. The van der Waals surface area contributed by atoms with Crippen molar-refractivity contribution in [1.82, 2.24) is 5.32 Å². The van der Waals surface area contributed by atoms with Crippen molar-refractivity contribution in [2.24, 2.45) is 11.7 Å². The van der Waals surface area contributed by atoms with Crippen LogP contribution in [0.4, 0.5) is 5.69 Å². The Balaban J connectivity index is 1.91. The van der Waals surface area contributed by atoms with Gasteiger partial charge in [-0.15, -0.1) is 0 Å². The Morgan fingerprint density at radius 1 is 1.35 bits per heavy atom. The zero-order chi connectivity index (χ0) is 14.7. The summed E-state index contributed by atoms with van der Waals surface area (Å²) in [6, 6.07) is 8.67. The Morgan fingerprint density at radius 3 is 2.75 bits per heavy atom. The number of anilines is 1. The highest BCUT2D eigenvalue weighted by Crippen LogP contribution is 2.28. The second-order valence-electron chi connectivity index (χ2n) is 5.81. The molecule has 1 aromatic rings. The Kier molecular flexibility index (Phi) is 4.65. The number of amides is 1. The normalized spacial score (nSPS) is 18.3. The Morgan fingerprint density at radius 2 is 2.05 bits per heavy atom. The predicted octanol–water partition coefficient (Wildman–Crippen LogP) is 1.54. The number of nitrogens with two attached hydrogens (primary N) is 1. The van der Waals surface area contributed by atoms with Gasteiger partial charge < -0.3 is 16.0 Å². The molecule has 3 atom stereocenters. The van der Waals surface area contributed by atoms with Gasteiger partial charge in [-0.1, -0.05) is 25.1 Å². The first-order valence-corrected chi connectivity index (χ1v) is 7.38. The number of carbonyl (C=O) groups excluding carboxylic acids is 1. The molecule has 0 aliphatic carbocycles. The lowest BCUT2D eigenvalue weighted by atomic mass is 10.0. The Labute approximate surface area is 121 Å². The highest BCUT2D eigenvalue weighted by molar-refractivity contribution is 5.79. The third-order valence-corrected chi connectivity index (χ3v) is 4.23. The summed E-state index contributed by atoms with van der Waals surface area (Å²) in [5.41, 5.74) is 8.46. The van der Waals surface area contributed by atoms with Crippen LogP contribution in [-0.4, -0.2) is 31.1 Å². The Hall–Kier alpha value is -1.55. The summed E-state index contributed by atoms with van der Waals surface area (Å²) in [6.07, 6.45) is 1.09. The van der Waals surface area contributed by atoms with Gasteiger partial charge in [0.2, 0.25) is 5.91 Å². The van der Waals surface area contributed by atoms with E-state index in [0.29, 0.717) is 12.6 Å². The van der Waals surface area contributed by atoms with Crippen LogP contribution in [0.3, 0.4) is 0 Å². The molecule has 1 aliphatic rings. The summed E-state index contributed by atoms with van der Waals surface area (Å²) in [7, 11) is 0. The zero-order valence-electron chi connectivity index (χ0n) is 12.6. The standard InChI is InChI=1S/C16H25N3O/c1-11(10-18-16(20)12(2)13(3)17)19-9-8-14-6-4-5-7-15(14)19/h4-7,11-13H,8-10,17H2,1-3H3,(H,18,20). The molecule has 4 nitrogen and oxygen atoms in total. The summed E-state index contributed by atoms with van der Waals surface area (Å²) >= 11 is 0. The summed E-state index contributed by atoms with van der Waals surface area (Å²) in [5, 5.41) is 3.01. The van der Waals surface area contributed by atoms with Crippen LogP contribution in [0.2, 0.25) is 0 Å². The fraction of sp³-hybridized carbons (Fsp3) is 0.562. The maximum absolute atomic E-state index is 11.9. The first-order chi connectivity index (χ1) is 9.50. The van der Waals surface area contributed by atoms with Gasteiger partial charge in [0.1, 0.15) is 0 Å². The lowest BCUT2D eigenvalue weighted by Crippen LogP contribution is -2.45. The molecule has 0 aromatic heterocycles. The van der Waals surface area contributed by atoms with Gasteiger partial charge in [-0.05, 0) is 31.9 Å². The molecule has 2 rings (SSSR count). The molecule has 3 N–H and O–H groups in total. The number of benzene rings is 1. The average molecular weight is 275 g/mol. The van der Waals surface area contributed by atoms with Crippen LogP contribution < -0.4 is 16.0 Å². The van der Waals surface area contributed by atoms with Gasteiger partial charge in [-0.2, -0.15) is 0 Å². The average Bonchev–Trinajstić information content (AvgIpc) is 2.87. The van der Waals surface area contributed by atoms with Crippen molar-refractivity contribution in [2.75, 3.05) is 18.0 Å². The molecule has 110 valence electrons. The number of nitrogens with one attached hydrogen (secondary N) is 1. The minimum absolute atomic E-state index is 0.0410. The molecule has 4 heteroatoms. The molecule has 1 amide bonds. The second kappa shape index (κ2) is 6.27. The predicted molar refractivity (Wildman–Crippen MR) is 82.8 cm³/mol. The van der Waals surface area contributed by atoms with Crippen LogP contribution in [0.5, 0.6) is 0 Å². The highest BCUT2D eigenvalue weighted by atomic mass is 16.1.